The highest BCUT2D eigenvalue weighted by Gasteiger charge is 2.46. The third-order valence-electron chi connectivity index (χ3n) is 5.27. The average molecular weight is 436 g/mol. The summed E-state index contributed by atoms with van der Waals surface area (Å²) < 4.78 is 40.6. The van der Waals surface area contributed by atoms with E-state index in [4.69, 9.17) is 23.3 Å². The van der Waals surface area contributed by atoms with Gasteiger partial charge in [-0.3, -0.25) is 9.42 Å². The Morgan fingerprint density at radius 1 is 1.17 bits per heavy atom. The number of hydrogen-bond acceptors (Lipinski definition) is 7. The highest BCUT2D eigenvalue weighted by Crippen LogP contribution is 2.52. The summed E-state index contributed by atoms with van der Waals surface area (Å²) in [5, 5.41) is 10.4. The lowest BCUT2D eigenvalue weighted by atomic mass is 10.0. The lowest BCUT2D eigenvalue weighted by Crippen LogP contribution is -2.32. The summed E-state index contributed by atoms with van der Waals surface area (Å²) in [5.74, 6) is -0.483. The van der Waals surface area contributed by atoms with Crippen LogP contribution >= 0.6 is 7.82 Å². The van der Waals surface area contributed by atoms with Crippen LogP contribution in [0.25, 0.3) is 0 Å². The maximum absolute atomic E-state index is 12.7. The Labute approximate surface area is 174 Å². The van der Waals surface area contributed by atoms with Crippen LogP contribution in [0.2, 0.25) is 0 Å². The molecule has 0 aromatic heterocycles. The maximum atomic E-state index is 12.7. The maximum Gasteiger partial charge on any atom is 0.527 e. The molecular weight excluding hydrogens is 399 g/mol. The molecule has 2 N–H and O–H groups in total. The van der Waals surface area contributed by atoms with Crippen LogP contribution in [0.4, 0.5) is 0 Å². The van der Waals surface area contributed by atoms with Gasteiger partial charge in [0.25, 0.3) is 0 Å². The van der Waals surface area contributed by atoms with Gasteiger partial charge in [-0.15, -0.1) is 0 Å². The zero-order chi connectivity index (χ0) is 21.9. The van der Waals surface area contributed by atoms with Crippen molar-refractivity contribution in [2.45, 2.75) is 97.1 Å². The van der Waals surface area contributed by atoms with Crippen LogP contribution in [0.1, 0.15) is 54.4 Å². The molecule has 2 aliphatic rings. The van der Waals surface area contributed by atoms with Crippen molar-refractivity contribution < 1.29 is 37.8 Å². The summed E-state index contributed by atoms with van der Waals surface area (Å²) in [6, 6.07) is 0. The van der Waals surface area contributed by atoms with E-state index in [-0.39, 0.29) is 42.7 Å². The van der Waals surface area contributed by atoms with Crippen LogP contribution in [-0.2, 0) is 27.8 Å². The standard InChI is InChI=1S/C20H37O8P/c1-11(2)24-10-16-17(8-13(5)19(16)21)28-29(22,23)27-15(7)20-18(25-12(3)4)9-14(6)26-20/h11-14,16-21H,7-10H2,1-6H3,(H,22,23). The van der Waals surface area contributed by atoms with Crippen molar-refractivity contribution in [2.75, 3.05) is 6.61 Å². The first-order valence-electron chi connectivity index (χ1n) is 10.4. The molecule has 0 aromatic carbocycles. The Hall–Kier alpha value is -0.470. The quantitative estimate of drug-likeness (QED) is 0.397. The largest absolute Gasteiger partial charge is 0.527 e. The normalized spacial score (nSPS) is 37.2. The minimum Gasteiger partial charge on any atom is -0.406 e. The molecule has 1 aliphatic carbocycles. The van der Waals surface area contributed by atoms with Gasteiger partial charge in [0.15, 0.2) is 0 Å². The molecule has 2 fully saturated rings. The van der Waals surface area contributed by atoms with Gasteiger partial charge in [0.05, 0.1) is 43.2 Å². The molecule has 9 heteroatoms. The molecule has 0 radical (unpaired) electrons. The Balaban J connectivity index is 2.00. The van der Waals surface area contributed by atoms with E-state index >= 15 is 0 Å². The van der Waals surface area contributed by atoms with Crippen molar-refractivity contribution >= 4 is 7.82 Å². The molecule has 1 heterocycles. The van der Waals surface area contributed by atoms with Crippen LogP contribution in [0.15, 0.2) is 12.3 Å². The number of phosphoric ester groups is 1. The number of hydrogen-bond donors (Lipinski definition) is 2. The third-order valence-corrected chi connectivity index (χ3v) is 6.27. The lowest BCUT2D eigenvalue weighted by molar-refractivity contribution is -0.0458. The molecular formula is C20H37O8P. The van der Waals surface area contributed by atoms with Gasteiger partial charge in [-0.1, -0.05) is 13.5 Å². The highest BCUT2D eigenvalue weighted by molar-refractivity contribution is 7.47. The van der Waals surface area contributed by atoms with E-state index in [1.54, 1.807) is 0 Å². The first kappa shape index (κ1) is 24.8. The molecule has 1 saturated carbocycles. The van der Waals surface area contributed by atoms with Crippen molar-refractivity contribution in [3.8, 4) is 0 Å². The minimum atomic E-state index is -4.47. The summed E-state index contributed by atoms with van der Waals surface area (Å²) in [4.78, 5) is 10.3. The average Bonchev–Trinajstić information content (AvgIpc) is 3.04. The van der Waals surface area contributed by atoms with Crippen molar-refractivity contribution in [1.82, 2.24) is 0 Å². The fourth-order valence-electron chi connectivity index (χ4n) is 3.95. The fourth-order valence-corrected chi connectivity index (χ4v) is 4.98. The Kier molecular flexibility index (Phi) is 8.74. The summed E-state index contributed by atoms with van der Waals surface area (Å²) in [6.07, 6.45) is -1.33. The molecule has 2 rings (SSSR count). The molecule has 1 saturated heterocycles. The zero-order valence-corrected chi connectivity index (χ0v) is 19.2. The fraction of sp³-hybridized carbons (Fsp3) is 0.900. The van der Waals surface area contributed by atoms with Gasteiger partial charge in [0, 0.05) is 12.3 Å². The van der Waals surface area contributed by atoms with Crippen LogP contribution < -0.4 is 0 Å². The molecule has 8 unspecified atom stereocenters. The number of aliphatic hydroxyl groups is 1. The van der Waals surface area contributed by atoms with E-state index in [1.165, 1.54) is 0 Å². The zero-order valence-electron chi connectivity index (χ0n) is 18.3. The smallest absolute Gasteiger partial charge is 0.406 e. The monoisotopic (exact) mass is 436 g/mol. The Morgan fingerprint density at radius 3 is 2.41 bits per heavy atom. The first-order chi connectivity index (χ1) is 13.4. The third kappa shape index (κ3) is 7.03. The van der Waals surface area contributed by atoms with Gasteiger partial charge < -0.3 is 23.8 Å². The molecule has 8 nitrogen and oxygen atoms in total. The number of phosphoric acid groups is 1. The van der Waals surface area contributed by atoms with Gasteiger partial charge in [-0.2, -0.15) is 0 Å². The summed E-state index contributed by atoms with van der Waals surface area (Å²) in [7, 11) is -4.47. The highest BCUT2D eigenvalue weighted by atomic mass is 31.2. The predicted molar refractivity (Wildman–Crippen MR) is 108 cm³/mol. The van der Waals surface area contributed by atoms with E-state index in [9.17, 15) is 14.6 Å². The van der Waals surface area contributed by atoms with E-state index in [0.29, 0.717) is 12.8 Å². The van der Waals surface area contributed by atoms with Crippen LogP contribution in [-0.4, -0.2) is 59.3 Å². The minimum absolute atomic E-state index is 0.00686. The van der Waals surface area contributed by atoms with E-state index < -0.39 is 32.1 Å². The number of aliphatic hydroxyl groups excluding tert-OH is 1. The molecule has 29 heavy (non-hydrogen) atoms. The van der Waals surface area contributed by atoms with Crippen molar-refractivity contribution in [1.29, 1.82) is 0 Å². The van der Waals surface area contributed by atoms with Gasteiger partial charge >= 0.3 is 7.82 Å². The van der Waals surface area contributed by atoms with E-state index in [2.05, 4.69) is 6.58 Å². The van der Waals surface area contributed by atoms with Crippen molar-refractivity contribution in [2.24, 2.45) is 11.8 Å². The predicted octanol–water partition coefficient (Wildman–Crippen LogP) is 3.42. The van der Waals surface area contributed by atoms with E-state index in [1.807, 2.05) is 41.5 Å². The van der Waals surface area contributed by atoms with Gasteiger partial charge in [0.2, 0.25) is 0 Å². The Bertz CT molecular complexity index is 595. The molecule has 0 aromatic rings. The molecule has 0 bridgehead atoms. The number of ether oxygens (including phenoxy) is 3. The number of rotatable bonds is 10. The second kappa shape index (κ2) is 10.2. The van der Waals surface area contributed by atoms with Gasteiger partial charge in [-0.05, 0) is 47.0 Å². The second-order valence-electron chi connectivity index (χ2n) is 8.75. The van der Waals surface area contributed by atoms with Crippen LogP contribution in [0.5, 0.6) is 0 Å². The van der Waals surface area contributed by atoms with Crippen molar-refractivity contribution in [3.05, 3.63) is 12.3 Å². The molecule has 8 atom stereocenters. The van der Waals surface area contributed by atoms with Crippen molar-refractivity contribution in [3.63, 3.8) is 0 Å². The summed E-state index contributed by atoms with van der Waals surface area (Å²) >= 11 is 0. The SMILES string of the molecule is C=C(OP(=O)(O)OC1CC(C)C(O)C1COC(C)C)C1OC(C)CC1OC(C)C. The lowest BCUT2D eigenvalue weighted by Gasteiger charge is -2.27. The molecule has 170 valence electrons. The van der Waals surface area contributed by atoms with Crippen LogP contribution in [0, 0.1) is 11.8 Å². The Morgan fingerprint density at radius 2 is 1.83 bits per heavy atom. The van der Waals surface area contributed by atoms with Gasteiger partial charge in [-0.25, -0.2) is 4.57 Å². The first-order valence-corrected chi connectivity index (χ1v) is 11.9. The summed E-state index contributed by atoms with van der Waals surface area (Å²) in [6.45, 7) is 15.4. The molecule has 1 aliphatic heterocycles. The topological polar surface area (TPSA) is 104 Å². The van der Waals surface area contributed by atoms with Crippen LogP contribution in [0.3, 0.4) is 0 Å². The van der Waals surface area contributed by atoms with Gasteiger partial charge in [0.1, 0.15) is 11.9 Å². The van der Waals surface area contributed by atoms with E-state index in [0.717, 1.165) is 0 Å². The second-order valence-corrected chi connectivity index (χ2v) is 10.1. The molecule has 0 amide bonds. The molecule has 0 spiro atoms. The summed E-state index contributed by atoms with van der Waals surface area (Å²) in [5.41, 5.74) is 0.